The molecule has 0 fully saturated rings. The molecule has 0 aromatic heterocycles. The van der Waals surface area contributed by atoms with E-state index in [0.717, 1.165) is 0 Å². The number of nitro groups is 1. The van der Waals surface area contributed by atoms with E-state index in [0.29, 0.717) is 11.5 Å². The number of ether oxygens (including phenoxy) is 3. The van der Waals surface area contributed by atoms with Crippen LogP contribution in [0.25, 0.3) is 0 Å². The molecule has 0 saturated carbocycles. The van der Waals surface area contributed by atoms with Crippen LogP contribution in [0.4, 0.5) is 5.69 Å². The molecule has 0 unspecified atom stereocenters. The molecule has 0 atom stereocenters. The Bertz CT molecular complexity index is 525. The van der Waals surface area contributed by atoms with Crippen molar-refractivity contribution in [2.75, 3.05) is 6.79 Å². The molecule has 0 aliphatic carbocycles. The lowest BCUT2D eigenvalue weighted by molar-refractivity contribution is -0.385. The van der Waals surface area contributed by atoms with E-state index < -0.39 is 10.9 Å². The van der Waals surface area contributed by atoms with Gasteiger partial charge in [0.15, 0.2) is 11.5 Å². The average molecular weight is 267 g/mol. The first-order valence-electron chi connectivity index (χ1n) is 5.72. The number of rotatable bonds is 4. The Labute approximate surface area is 109 Å². The SMILES string of the molecule is CC(C)C(=O)OCc1cc2c(cc1[N+](=O)[O-])OCO2. The summed E-state index contributed by atoms with van der Waals surface area (Å²) in [5.74, 6) is 0.0480. The van der Waals surface area contributed by atoms with Crippen LogP contribution in [0.5, 0.6) is 11.5 Å². The molecular weight excluding hydrogens is 254 g/mol. The smallest absolute Gasteiger partial charge is 0.308 e. The normalized spacial score (nSPS) is 12.6. The van der Waals surface area contributed by atoms with Crippen LogP contribution in [-0.4, -0.2) is 17.7 Å². The van der Waals surface area contributed by atoms with E-state index in [1.54, 1.807) is 13.8 Å². The van der Waals surface area contributed by atoms with E-state index in [-0.39, 0.29) is 30.6 Å². The third-order valence-electron chi connectivity index (χ3n) is 2.61. The monoisotopic (exact) mass is 267 g/mol. The molecule has 19 heavy (non-hydrogen) atoms. The fourth-order valence-electron chi connectivity index (χ4n) is 1.57. The van der Waals surface area contributed by atoms with E-state index in [4.69, 9.17) is 14.2 Å². The Balaban J connectivity index is 2.23. The number of fused-ring (bicyclic) bond motifs is 1. The van der Waals surface area contributed by atoms with Gasteiger partial charge in [-0.25, -0.2) is 0 Å². The van der Waals surface area contributed by atoms with Crippen molar-refractivity contribution in [3.8, 4) is 11.5 Å². The predicted molar refractivity (Wildman–Crippen MR) is 63.9 cm³/mol. The summed E-state index contributed by atoms with van der Waals surface area (Å²) in [5, 5.41) is 11.0. The van der Waals surface area contributed by atoms with E-state index >= 15 is 0 Å². The van der Waals surface area contributed by atoms with Gasteiger partial charge in [-0.05, 0) is 6.07 Å². The van der Waals surface area contributed by atoms with Crippen molar-refractivity contribution in [2.45, 2.75) is 20.5 Å². The van der Waals surface area contributed by atoms with Crippen molar-refractivity contribution in [1.82, 2.24) is 0 Å². The lowest BCUT2D eigenvalue weighted by atomic mass is 10.1. The highest BCUT2D eigenvalue weighted by Gasteiger charge is 2.24. The summed E-state index contributed by atoms with van der Waals surface area (Å²) in [4.78, 5) is 21.8. The van der Waals surface area contributed by atoms with Crippen molar-refractivity contribution < 1.29 is 23.9 Å². The predicted octanol–water partition coefficient (Wildman–Crippen LogP) is 2.02. The van der Waals surface area contributed by atoms with Gasteiger partial charge in [0, 0.05) is 0 Å². The Morgan fingerprint density at radius 1 is 1.42 bits per heavy atom. The van der Waals surface area contributed by atoms with Crippen molar-refractivity contribution in [1.29, 1.82) is 0 Å². The van der Waals surface area contributed by atoms with Crippen LogP contribution in [0.3, 0.4) is 0 Å². The number of hydrogen-bond acceptors (Lipinski definition) is 6. The van der Waals surface area contributed by atoms with Gasteiger partial charge in [-0.3, -0.25) is 14.9 Å². The fourth-order valence-corrected chi connectivity index (χ4v) is 1.57. The van der Waals surface area contributed by atoms with Crippen molar-refractivity contribution in [3.05, 3.63) is 27.8 Å². The summed E-state index contributed by atoms with van der Waals surface area (Å²) in [6.45, 7) is 3.25. The number of carbonyl (C=O) groups is 1. The first-order valence-corrected chi connectivity index (χ1v) is 5.72. The minimum Gasteiger partial charge on any atom is -0.460 e. The molecule has 0 N–H and O–H groups in total. The van der Waals surface area contributed by atoms with Gasteiger partial charge in [0.2, 0.25) is 6.79 Å². The molecule has 0 bridgehead atoms. The zero-order valence-electron chi connectivity index (χ0n) is 10.5. The molecule has 102 valence electrons. The summed E-state index contributed by atoms with van der Waals surface area (Å²) in [5.41, 5.74) is 0.129. The van der Waals surface area contributed by atoms with Crippen LogP contribution in [0, 0.1) is 16.0 Å². The van der Waals surface area contributed by atoms with Crippen LogP contribution < -0.4 is 9.47 Å². The number of nitro benzene ring substituents is 1. The summed E-state index contributed by atoms with van der Waals surface area (Å²) < 4.78 is 15.2. The quantitative estimate of drug-likeness (QED) is 0.471. The first-order chi connectivity index (χ1) is 8.99. The maximum atomic E-state index is 11.4. The van der Waals surface area contributed by atoms with Crippen LogP contribution in [-0.2, 0) is 16.1 Å². The minimum absolute atomic E-state index is 0.0295. The van der Waals surface area contributed by atoms with Gasteiger partial charge in [0.1, 0.15) is 6.61 Å². The Morgan fingerprint density at radius 3 is 2.63 bits per heavy atom. The number of esters is 1. The molecule has 1 aliphatic heterocycles. The van der Waals surface area contributed by atoms with Gasteiger partial charge in [-0.1, -0.05) is 13.8 Å². The van der Waals surface area contributed by atoms with Gasteiger partial charge < -0.3 is 14.2 Å². The largest absolute Gasteiger partial charge is 0.460 e. The van der Waals surface area contributed by atoms with E-state index in [1.807, 2.05) is 0 Å². The Morgan fingerprint density at radius 2 is 2.05 bits per heavy atom. The number of nitrogens with zero attached hydrogens (tertiary/aromatic N) is 1. The molecule has 1 heterocycles. The summed E-state index contributed by atoms with van der Waals surface area (Å²) >= 11 is 0. The van der Waals surface area contributed by atoms with Crippen LogP contribution in [0.2, 0.25) is 0 Å². The third kappa shape index (κ3) is 2.75. The van der Waals surface area contributed by atoms with Crippen LogP contribution >= 0.6 is 0 Å². The Hall–Kier alpha value is -2.31. The highest BCUT2D eigenvalue weighted by molar-refractivity contribution is 5.71. The van der Waals surface area contributed by atoms with Crippen LogP contribution in [0.1, 0.15) is 19.4 Å². The van der Waals surface area contributed by atoms with E-state index in [2.05, 4.69) is 0 Å². The molecule has 1 aromatic rings. The summed E-state index contributed by atoms with van der Waals surface area (Å²) in [6, 6.07) is 2.74. The highest BCUT2D eigenvalue weighted by atomic mass is 16.7. The second-order valence-corrected chi connectivity index (χ2v) is 4.35. The summed E-state index contributed by atoms with van der Waals surface area (Å²) in [6.07, 6.45) is 0. The van der Waals surface area contributed by atoms with Crippen molar-refractivity contribution >= 4 is 11.7 Å². The molecule has 0 saturated heterocycles. The standard InChI is InChI=1S/C12H13NO6/c1-7(2)12(14)17-5-8-3-10-11(19-6-18-10)4-9(8)13(15)16/h3-4,7H,5-6H2,1-2H3. The lowest BCUT2D eigenvalue weighted by Crippen LogP contribution is -2.12. The molecule has 0 spiro atoms. The second kappa shape index (κ2) is 5.13. The van der Waals surface area contributed by atoms with Gasteiger partial charge in [0.25, 0.3) is 5.69 Å². The molecule has 0 radical (unpaired) electrons. The van der Waals surface area contributed by atoms with Crippen molar-refractivity contribution in [3.63, 3.8) is 0 Å². The first kappa shape index (κ1) is 13.1. The molecule has 1 aromatic carbocycles. The van der Waals surface area contributed by atoms with Gasteiger partial charge in [-0.15, -0.1) is 0 Å². The van der Waals surface area contributed by atoms with E-state index in [9.17, 15) is 14.9 Å². The lowest BCUT2D eigenvalue weighted by Gasteiger charge is -2.08. The third-order valence-corrected chi connectivity index (χ3v) is 2.61. The number of benzene rings is 1. The van der Waals surface area contributed by atoms with E-state index in [1.165, 1.54) is 12.1 Å². The zero-order chi connectivity index (χ0) is 14.0. The summed E-state index contributed by atoms with van der Waals surface area (Å²) in [7, 11) is 0. The molecule has 1 aliphatic rings. The minimum atomic E-state index is -0.541. The van der Waals surface area contributed by atoms with Gasteiger partial charge in [0.05, 0.1) is 22.5 Å². The number of hydrogen-bond donors (Lipinski definition) is 0. The molecule has 7 nitrogen and oxygen atoms in total. The second-order valence-electron chi connectivity index (χ2n) is 4.35. The fraction of sp³-hybridized carbons (Fsp3) is 0.417. The number of carbonyl (C=O) groups excluding carboxylic acids is 1. The molecule has 7 heteroatoms. The van der Waals surface area contributed by atoms with Crippen LogP contribution in [0.15, 0.2) is 12.1 Å². The molecule has 2 rings (SSSR count). The van der Waals surface area contributed by atoms with Crippen molar-refractivity contribution in [2.24, 2.45) is 5.92 Å². The van der Waals surface area contributed by atoms with Gasteiger partial charge >= 0.3 is 5.97 Å². The Kier molecular flexibility index (Phi) is 3.55. The molecule has 0 amide bonds. The topological polar surface area (TPSA) is 87.9 Å². The average Bonchev–Trinajstić information content (AvgIpc) is 2.81. The maximum absolute atomic E-state index is 11.4. The molecular formula is C12H13NO6. The highest BCUT2D eigenvalue weighted by Crippen LogP contribution is 2.38. The maximum Gasteiger partial charge on any atom is 0.308 e. The zero-order valence-corrected chi connectivity index (χ0v) is 10.5. The van der Waals surface area contributed by atoms with Gasteiger partial charge in [-0.2, -0.15) is 0 Å².